The van der Waals surface area contributed by atoms with Crippen molar-refractivity contribution in [2.24, 2.45) is 5.41 Å². The number of hydrogen-bond donors (Lipinski definition) is 1. The summed E-state index contributed by atoms with van der Waals surface area (Å²) in [5.41, 5.74) is 0.0731. The Bertz CT molecular complexity index is 405. The fourth-order valence-electron chi connectivity index (χ4n) is 2.59. The maximum Gasteiger partial charge on any atom is 0.162 e. The Morgan fingerprint density at radius 1 is 1.44 bits per heavy atom. The molecule has 1 aromatic rings. The lowest BCUT2D eigenvalue weighted by molar-refractivity contribution is -0.0788. The zero-order valence-corrected chi connectivity index (χ0v) is 9.50. The van der Waals surface area contributed by atoms with Crippen molar-refractivity contribution in [2.75, 3.05) is 0 Å². The van der Waals surface area contributed by atoms with Crippen LogP contribution in [0.2, 0.25) is 0 Å². The lowest BCUT2D eigenvalue weighted by Crippen LogP contribution is -2.49. The maximum atomic E-state index is 13.6. The lowest BCUT2D eigenvalue weighted by atomic mass is 9.55. The fourth-order valence-corrected chi connectivity index (χ4v) is 2.59. The summed E-state index contributed by atoms with van der Waals surface area (Å²) in [6.45, 7) is 3.89. The quantitative estimate of drug-likeness (QED) is 0.820. The summed E-state index contributed by atoms with van der Waals surface area (Å²) in [7, 11) is 0. The van der Waals surface area contributed by atoms with Crippen LogP contribution in [-0.2, 0) is 0 Å². The highest BCUT2D eigenvalue weighted by Gasteiger charge is 2.51. The van der Waals surface area contributed by atoms with Crippen LogP contribution in [0.5, 0.6) is 0 Å². The SMILES string of the molecule is CCC1(C)C(O)CC1c1cccc(F)c1F. The Kier molecular flexibility index (Phi) is 2.74. The van der Waals surface area contributed by atoms with Crippen molar-refractivity contribution < 1.29 is 13.9 Å². The minimum absolute atomic E-state index is 0.0804. The molecule has 1 aliphatic carbocycles. The highest BCUT2D eigenvalue weighted by atomic mass is 19.2. The third-order valence-electron chi connectivity index (χ3n) is 4.13. The van der Waals surface area contributed by atoms with Crippen molar-refractivity contribution in [3.8, 4) is 0 Å². The second kappa shape index (κ2) is 3.81. The van der Waals surface area contributed by atoms with E-state index in [-0.39, 0.29) is 11.3 Å². The largest absolute Gasteiger partial charge is 0.393 e. The van der Waals surface area contributed by atoms with Crippen LogP contribution in [0, 0.1) is 17.0 Å². The van der Waals surface area contributed by atoms with Gasteiger partial charge in [0.1, 0.15) is 0 Å². The first-order chi connectivity index (χ1) is 7.50. The summed E-state index contributed by atoms with van der Waals surface area (Å²) in [4.78, 5) is 0. The van der Waals surface area contributed by atoms with E-state index in [1.54, 1.807) is 6.07 Å². The van der Waals surface area contributed by atoms with E-state index in [0.717, 1.165) is 12.5 Å². The molecule has 1 fully saturated rings. The average Bonchev–Trinajstić information content (AvgIpc) is 2.29. The molecular weight excluding hydrogens is 210 g/mol. The maximum absolute atomic E-state index is 13.6. The van der Waals surface area contributed by atoms with Crippen molar-refractivity contribution in [1.29, 1.82) is 0 Å². The highest BCUT2D eigenvalue weighted by Crippen LogP contribution is 2.55. The predicted molar refractivity (Wildman–Crippen MR) is 58.1 cm³/mol. The van der Waals surface area contributed by atoms with E-state index in [2.05, 4.69) is 0 Å². The van der Waals surface area contributed by atoms with Gasteiger partial charge in [-0.25, -0.2) is 8.78 Å². The van der Waals surface area contributed by atoms with Gasteiger partial charge in [-0.1, -0.05) is 26.0 Å². The number of benzene rings is 1. The number of aliphatic hydroxyl groups is 1. The number of aliphatic hydroxyl groups excluding tert-OH is 1. The van der Waals surface area contributed by atoms with Gasteiger partial charge in [-0.15, -0.1) is 0 Å². The number of rotatable bonds is 2. The van der Waals surface area contributed by atoms with Gasteiger partial charge in [0, 0.05) is 5.41 Å². The first-order valence-electron chi connectivity index (χ1n) is 5.62. The standard InChI is InChI=1S/C13H16F2O/c1-3-13(2)9(7-11(13)16)8-5-4-6-10(14)12(8)15/h4-6,9,11,16H,3,7H2,1-2H3. The Balaban J connectivity index is 2.36. The minimum Gasteiger partial charge on any atom is -0.393 e. The molecule has 0 amide bonds. The van der Waals surface area contributed by atoms with Gasteiger partial charge in [-0.2, -0.15) is 0 Å². The molecule has 0 spiro atoms. The topological polar surface area (TPSA) is 20.2 Å². The van der Waals surface area contributed by atoms with Gasteiger partial charge in [0.2, 0.25) is 0 Å². The molecule has 1 nitrogen and oxygen atoms in total. The van der Waals surface area contributed by atoms with Crippen LogP contribution in [0.4, 0.5) is 8.78 Å². The van der Waals surface area contributed by atoms with Gasteiger partial charge in [-0.3, -0.25) is 0 Å². The van der Waals surface area contributed by atoms with Crippen molar-refractivity contribution in [3.63, 3.8) is 0 Å². The minimum atomic E-state index is -0.808. The van der Waals surface area contributed by atoms with E-state index in [9.17, 15) is 13.9 Å². The molecule has 88 valence electrons. The summed E-state index contributed by atoms with van der Waals surface area (Å²) in [5, 5.41) is 9.74. The van der Waals surface area contributed by atoms with Crippen molar-refractivity contribution in [1.82, 2.24) is 0 Å². The first kappa shape index (κ1) is 11.5. The van der Waals surface area contributed by atoms with Crippen molar-refractivity contribution in [2.45, 2.75) is 38.7 Å². The summed E-state index contributed by atoms with van der Waals surface area (Å²) >= 11 is 0. The Morgan fingerprint density at radius 3 is 2.69 bits per heavy atom. The van der Waals surface area contributed by atoms with E-state index in [1.807, 2.05) is 13.8 Å². The molecule has 16 heavy (non-hydrogen) atoms. The molecule has 0 heterocycles. The van der Waals surface area contributed by atoms with E-state index in [1.165, 1.54) is 6.07 Å². The summed E-state index contributed by atoms with van der Waals surface area (Å²) in [6, 6.07) is 4.26. The summed E-state index contributed by atoms with van der Waals surface area (Å²) in [5.74, 6) is -1.65. The molecule has 0 bridgehead atoms. The molecule has 3 unspecified atom stereocenters. The van der Waals surface area contributed by atoms with Gasteiger partial charge >= 0.3 is 0 Å². The van der Waals surface area contributed by atoms with Crippen LogP contribution >= 0.6 is 0 Å². The van der Waals surface area contributed by atoms with E-state index >= 15 is 0 Å². The first-order valence-corrected chi connectivity index (χ1v) is 5.62. The second-order valence-electron chi connectivity index (χ2n) is 4.81. The summed E-state index contributed by atoms with van der Waals surface area (Å²) in [6.07, 6.45) is 0.865. The van der Waals surface area contributed by atoms with Crippen LogP contribution in [0.3, 0.4) is 0 Å². The van der Waals surface area contributed by atoms with Crippen molar-refractivity contribution >= 4 is 0 Å². The van der Waals surface area contributed by atoms with E-state index < -0.39 is 17.7 Å². The highest BCUT2D eigenvalue weighted by molar-refractivity contribution is 5.29. The zero-order chi connectivity index (χ0) is 11.9. The van der Waals surface area contributed by atoms with Crippen LogP contribution < -0.4 is 0 Å². The normalized spacial score (nSPS) is 33.6. The molecule has 0 aliphatic heterocycles. The third kappa shape index (κ3) is 1.46. The smallest absolute Gasteiger partial charge is 0.162 e. The Morgan fingerprint density at radius 2 is 2.12 bits per heavy atom. The average molecular weight is 226 g/mol. The molecule has 2 rings (SSSR count). The van der Waals surface area contributed by atoms with Gasteiger partial charge in [-0.05, 0) is 30.4 Å². The molecular formula is C13H16F2O. The zero-order valence-electron chi connectivity index (χ0n) is 9.50. The molecule has 1 N–H and O–H groups in total. The molecule has 0 aromatic heterocycles. The van der Waals surface area contributed by atoms with Gasteiger partial charge in [0.25, 0.3) is 0 Å². The lowest BCUT2D eigenvalue weighted by Gasteiger charge is -2.51. The van der Waals surface area contributed by atoms with E-state index in [4.69, 9.17) is 0 Å². The molecule has 0 radical (unpaired) electrons. The van der Waals surface area contributed by atoms with Crippen LogP contribution in [-0.4, -0.2) is 11.2 Å². The number of halogens is 2. The van der Waals surface area contributed by atoms with Crippen LogP contribution in [0.1, 0.15) is 38.2 Å². The van der Waals surface area contributed by atoms with Gasteiger partial charge < -0.3 is 5.11 Å². The molecule has 1 aromatic carbocycles. The van der Waals surface area contributed by atoms with E-state index in [0.29, 0.717) is 12.0 Å². The second-order valence-corrected chi connectivity index (χ2v) is 4.81. The monoisotopic (exact) mass is 226 g/mol. The van der Waals surface area contributed by atoms with Crippen LogP contribution in [0.25, 0.3) is 0 Å². The third-order valence-corrected chi connectivity index (χ3v) is 4.13. The predicted octanol–water partition coefficient (Wildman–Crippen LogP) is 3.23. The molecule has 0 saturated heterocycles. The number of hydrogen-bond acceptors (Lipinski definition) is 1. The Hall–Kier alpha value is -0.960. The fraction of sp³-hybridized carbons (Fsp3) is 0.538. The molecule has 1 aliphatic rings. The molecule has 3 heteroatoms. The molecule has 1 saturated carbocycles. The van der Waals surface area contributed by atoms with Gasteiger partial charge in [0.15, 0.2) is 11.6 Å². The van der Waals surface area contributed by atoms with Gasteiger partial charge in [0.05, 0.1) is 6.10 Å². The summed E-state index contributed by atoms with van der Waals surface area (Å²) < 4.78 is 26.7. The molecule has 3 atom stereocenters. The van der Waals surface area contributed by atoms with Crippen LogP contribution in [0.15, 0.2) is 18.2 Å². The Labute approximate surface area is 94.1 Å². The van der Waals surface area contributed by atoms with Crippen molar-refractivity contribution in [3.05, 3.63) is 35.4 Å².